The third kappa shape index (κ3) is 2.17. The number of nitrogens with one attached hydrogen (secondary N) is 2. The van der Waals surface area contributed by atoms with Gasteiger partial charge in [0.15, 0.2) is 0 Å². The lowest BCUT2D eigenvalue weighted by Gasteiger charge is -2.26. The lowest BCUT2D eigenvalue weighted by atomic mass is 9.93. The van der Waals surface area contributed by atoms with Gasteiger partial charge in [-0.15, -0.1) is 0 Å². The van der Waals surface area contributed by atoms with E-state index in [4.69, 9.17) is 5.21 Å². The Morgan fingerprint density at radius 1 is 1.73 bits per heavy atom. The van der Waals surface area contributed by atoms with Crippen LogP contribution in [0.15, 0.2) is 0 Å². The minimum Gasteiger partial charge on any atom is -0.314 e. The van der Waals surface area contributed by atoms with E-state index in [-0.39, 0.29) is 11.8 Å². The maximum atomic E-state index is 10.9. The summed E-state index contributed by atoms with van der Waals surface area (Å²) in [5.41, 5.74) is 1.69. The highest BCUT2D eigenvalue weighted by Gasteiger charge is 2.23. The van der Waals surface area contributed by atoms with Gasteiger partial charge in [-0.1, -0.05) is 0 Å². The fraction of sp³-hybridized carbons (Fsp3) is 0.857. The summed E-state index contributed by atoms with van der Waals surface area (Å²) in [5.74, 6) is -0.269. The van der Waals surface area contributed by atoms with Gasteiger partial charge >= 0.3 is 0 Å². The van der Waals surface area contributed by atoms with Crippen molar-refractivity contribution in [3.05, 3.63) is 0 Å². The molecule has 64 valence electrons. The highest BCUT2D eigenvalue weighted by atomic mass is 16.5. The molecule has 0 saturated carbocycles. The average Bonchev–Trinajstić information content (AvgIpc) is 2.03. The smallest absolute Gasteiger partial charge is 0.246 e. The Kier molecular flexibility index (Phi) is 2.84. The molecule has 2 atom stereocenters. The van der Waals surface area contributed by atoms with Crippen LogP contribution in [0.2, 0.25) is 0 Å². The zero-order valence-corrected chi connectivity index (χ0v) is 6.63. The monoisotopic (exact) mass is 158 g/mol. The van der Waals surface area contributed by atoms with Crippen LogP contribution in [0, 0.1) is 5.92 Å². The molecule has 0 aliphatic carbocycles. The van der Waals surface area contributed by atoms with E-state index in [1.807, 2.05) is 6.92 Å². The van der Waals surface area contributed by atoms with Gasteiger partial charge < -0.3 is 5.32 Å². The molecule has 0 bridgehead atoms. The SMILES string of the molecule is CC1CC(C(=O)NO)CCN1. The second-order valence-electron chi connectivity index (χ2n) is 3.05. The summed E-state index contributed by atoms with van der Waals surface area (Å²) in [6.45, 7) is 2.90. The third-order valence-electron chi connectivity index (χ3n) is 2.10. The topological polar surface area (TPSA) is 61.4 Å². The maximum Gasteiger partial charge on any atom is 0.246 e. The lowest BCUT2D eigenvalue weighted by molar-refractivity contribution is -0.134. The van der Waals surface area contributed by atoms with Crippen molar-refractivity contribution in [3.8, 4) is 0 Å². The Hall–Kier alpha value is -0.610. The van der Waals surface area contributed by atoms with Crippen LogP contribution in [0.1, 0.15) is 19.8 Å². The van der Waals surface area contributed by atoms with E-state index in [1.54, 1.807) is 5.48 Å². The zero-order chi connectivity index (χ0) is 8.27. The number of hydrogen-bond acceptors (Lipinski definition) is 3. The molecule has 1 fully saturated rings. The van der Waals surface area contributed by atoms with Crippen LogP contribution in [0.3, 0.4) is 0 Å². The zero-order valence-electron chi connectivity index (χ0n) is 6.63. The average molecular weight is 158 g/mol. The summed E-state index contributed by atoms with van der Waals surface area (Å²) in [6.07, 6.45) is 1.63. The molecule has 1 saturated heterocycles. The summed E-state index contributed by atoms with van der Waals surface area (Å²) in [7, 11) is 0. The second-order valence-corrected chi connectivity index (χ2v) is 3.05. The summed E-state index contributed by atoms with van der Waals surface area (Å²) >= 11 is 0. The van der Waals surface area contributed by atoms with Crippen molar-refractivity contribution in [2.45, 2.75) is 25.8 Å². The summed E-state index contributed by atoms with van der Waals surface area (Å²) < 4.78 is 0. The van der Waals surface area contributed by atoms with Crippen LogP contribution in [-0.2, 0) is 4.79 Å². The van der Waals surface area contributed by atoms with Gasteiger partial charge in [0.2, 0.25) is 5.91 Å². The fourth-order valence-corrected chi connectivity index (χ4v) is 1.46. The Labute approximate surface area is 65.9 Å². The number of piperidine rings is 1. The summed E-state index contributed by atoms with van der Waals surface area (Å²) in [4.78, 5) is 10.9. The van der Waals surface area contributed by atoms with Gasteiger partial charge in [-0.25, -0.2) is 5.48 Å². The molecule has 1 heterocycles. The highest BCUT2D eigenvalue weighted by molar-refractivity contribution is 5.77. The molecule has 11 heavy (non-hydrogen) atoms. The van der Waals surface area contributed by atoms with E-state index in [0.29, 0.717) is 6.04 Å². The molecule has 3 N–H and O–H groups in total. The lowest BCUT2D eigenvalue weighted by Crippen LogP contribution is -2.41. The molecule has 0 radical (unpaired) electrons. The van der Waals surface area contributed by atoms with Crippen molar-refractivity contribution in [2.75, 3.05) is 6.54 Å². The van der Waals surface area contributed by atoms with E-state index in [9.17, 15) is 4.79 Å². The molecule has 0 aromatic rings. The minimum atomic E-state index is -0.252. The predicted octanol–water partition coefficient (Wildman–Crippen LogP) is -0.120. The first-order valence-corrected chi connectivity index (χ1v) is 3.91. The van der Waals surface area contributed by atoms with Gasteiger partial charge in [-0.05, 0) is 26.3 Å². The van der Waals surface area contributed by atoms with Crippen molar-refractivity contribution in [3.63, 3.8) is 0 Å². The number of hydroxylamine groups is 1. The molecule has 1 rings (SSSR count). The van der Waals surface area contributed by atoms with Crippen molar-refractivity contribution >= 4 is 5.91 Å². The molecule has 0 spiro atoms. The van der Waals surface area contributed by atoms with E-state index in [0.717, 1.165) is 19.4 Å². The van der Waals surface area contributed by atoms with Crippen molar-refractivity contribution < 1.29 is 10.0 Å². The van der Waals surface area contributed by atoms with Gasteiger partial charge in [0, 0.05) is 12.0 Å². The fourth-order valence-electron chi connectivity index (χ4n) is 1.46. The van der Waals surface area contributed by atoms with Crippen LogP contribution in [0.25, 0.3) is 0 Å². The van der Waals surface area contributed by atoms with Crippen molar-refractivity contribution in [2.24, 2.45) is 5.92 Å². The molecule has 4 heteroatoms. The third-order valence-corrected chi connectivity index (χ3v) is 2.10. The van der Waals surface area contributed by atoms with Gasteiger partial charge in [0.05, 0.1) is 0 Å². The molecule has 1 amide bonds. The van der Waals surface area contributed by atoms with Crippen LogP contribution >= 0.6 is 0 Å². The number of carbonyl (C=O) groups is 1. The van der Waals surface area contributed by atoms with E-state index in [1.165, 1.54) is 0 Å². The van der Waals surface area contributed by atoms with E-state index < -0.39 is 0 Å². The number of rotatable bonds is 1. The van der Waals surface area contributed by atoms with Gasteiger partial charge in [-0.2, -0.15) is 0 Å². The molecular weight excluding hydrogens is 144 g/mol. The molecule has 1 aliphatic rings. The molecular formula is C7H14N2O2. The standard InChI is InChI=1S/C7H14N2O2/c1-5-4-6(2-3-8-5)7(10)9-11/h5-6,8,11H,2-4H2,1H3,(H,9,10). The van der Waals surface area contributed by atoms with Crippen LogP contribution in [0.4, 0.5) is 0 Å². The minimum absolute atomic E-state index is 0.0174. The molecule has 2 unspecified atom stereocenters. The summed E-state index contributed by atoms with van der Waals surface area (Å²) in [6, 6.07) is 0.381. The molecule has 1 aliphatic heterocycles. The Balaban J connectivity index is 2.39. The Bertz CT molecular complexity index is 149. The highest BCUT2D eigenvalue weighted by Crippen LogP contribution is 2.15. The predicted molar refractivity (Wildman–Crippen MR) is 40.1 cm³/mol. The van der Waals surface area contributed by atoms with Crippen molar-refractivity contribution in [1.82, 2.24) is 10.8 Å². The van der Waals surface area contributed by atoms with E-state index >= 15 is 0 Å². The largest absolute Gasteiger partial charge is 0.314 e. The number of carbonyl (C=O) groups excluding carboxylic acids is 1. The molecule has 0 aromatic carbocycles. The van der Waals surface area contributed by atoms with Crippen LogP contribution < -0.4 is 10.8 Å². The summed E-state index contributed by atoms with van der Waals surface area (Å²) in [5, 5.41) is 11.6. The Morgan fingerprint density at radius 3 is 3.00 bits per heavy atom. The van der Waals surface area contributed by atoms with Crippen molar-refractivity contribution in [1.29, 1.82) is 0 Å². The van der Waals surface area contributed by atoms with Gasteiger partial charge in [0.1, 0.15) is 0 Å². The molecule has 0 aromatic heterocycles. The first-order valence-electron chi connectivity index (χ1n) is 3.91. The van der Waals surface area contributed by atoms with Gasteiger partial charge in [0.25, 0.3) is 0 Å². The molecule has 4 nitrogen and oxygen atoms in total. The number of amides is 1. The van der Waals surface area contributed by atoms with E-state index in [2.05, 4.69) is 5.32 Å². The normalized spacial score (nSPS) is 31.5. The first-order chi connectivity index (χ1) is 5.24. The Morgan fingerprint density at radius 2 is 2.45 bits per heavy atom. The number of hydrogen-bond donors (Lipinski definition) is 3. The quantitative estimate of drug-likeness (QED) is 0.368. The van der Waals surface area contributed by atoms with Crippen LogP contribution in [-0.4, -0.2) is 23.7 Å². The second kappa shape index (κ2) is 3.69. The van der Waals surface area contributed by atoms with Gasteiger partial charge in [-0.3, -0.25) is 10.0 Å². The maximum absolute atomic E-state index is 10.9. The van der Waals surface area contributed by atoms with Crippen LogP contribution in [0.5, 0.6) is 0 Å². The first kappa shape index (κ1) is 8.49.